The maximum Gasteiger partial charge on any atom is 0.161 e. The van der Waals surface area contributed by atoms with Crippen LogP contribution in [0.15, 0.2) is 18.2 Å². The summed E-state index contributed by atoms with van der Waals surface area (Å²) in [6.07, 6.45) is 2.39. The van der Waals surface area contributed by atoms with E-state index in [9.17, 15) is 4.39 Å². The first-order valence-electron chi connectivity index (χ1n) is 6.78. The Morgan fingerprint density at radius 3 is 2.80 bits per heavy atom. The van der Waals surface area contributed by atoms with Gasteiger partial charge >= 0.3 is 0 Å². The predicted octanol–water partition coefficient (Wildman–Crippen LogP) is 3.42. The van der Waals surface area contributed by atoms with Gasteiger partial charge in [-0.15, -0.1) is 0 Å². The van der Waals surface area contributed by atoms with Crippen molar-refractivity contribution in [1.82, 2.24) is 15.3 Å². The molecule has 1 saturated carbocycles. The Bertz CT molecular complexity index is 698. The second-order valence-corrected chi connectivity index (χ2v) is 5.77. The molecule has 2 heterocycles. The van der Waals surface area contributed by atoms with Crippen LogP contribution in [0, 0.1) is 5.82 Å². The number of rotatable bonds is 2. The molecule has 1 aliphatic carbocycles. The Morgan fingerprint density at radius 2 is 2.05 bits per heavy atom. The molecule has 0 amide bonds. The summed E-state index contributed by atoms with van der Waals surface area (Å²) in [5.41, 5.74) is 4.15. The van der Waals surface area contributed by atoms with Gasteiger partial charge in [-0.25, -0.2) is 14.4 Å². The van der Waals surface area contributed by atoms with Gasteiger partial charge in [0.2, 0.25) is 0 Å². The highest BCUT2D eigenvalue weighted by Crippen LogP contribution is 2.42. The Hall–Kier alpha value is -1.52. The molecule has 5 heteroatoms. The van der Waals surface area contributed by atoms with Crippen LogP contribution in [0.3, 0.4) is 0 Å². The third-order valence-corrected chi connectivity index (χ3v) is 4.17. The van der Waals surface area contributed by atoms with Gasteiger partial charge in [0, 0.05) is 30.1 Å². The summed E-state index contributed by atoms with van der Waals surface area (Å²) in [6, 6.07) is 4.35. The standard InChI is InChI=1S/C15H13ClFN3/c16-12-5-9(17)3-4-10(12)15-19-13-7-18-6-11(13)14(20-15)8-1-2-8/h3-5,8,18H,1-2,6-7H2. The summed E-state index contributed by atoms with van der Waals surface area (Å²) in [4.78, 5) is 9.31. The van der Waals surface area contributed by atoms with Crippen LogP contribution in [0.4, 0.5) is 4.39 Å². The molecular weight excluding hydrogens is 277 g/mol. The Kier molecular flexibility index (Phi) is 2.75. The number of benzene rings is 1. The third-order valence-electron chi connectivity index (χ3n) is 3.86. The fourth-order valence-electron chi connectivity index (χ4n) is 2.68. The molecule has 1 aromatic heterocycles. The summed E-state index contributed by atoms with van der Waals surface area (Å²) in [7, 11) is 0. The van der Waals surface area contributed by atoms with Crippen molar-refractivity contribution >= 4 is 11.6 Å². The van der Waals surface area contributed by atoms with Gasteiger partial charge in [0.05, 0.1) is 16.4 Å². The van der Waals surface area contributed by atoms with Crippen molar-refractivity contribution in [1.29, 1.82) is 0 Å². The topological polar surface area (TPSA) is 37.8 Å². The molecule has 1 aromatic carbocycles. The highest BCUT2D eigenvalue weighted by Gasteiger charge is 2.31. The van der Waals surface area contributed by atoms with Gasteiger partial charge in [0.15, 0.2) is 5.82 Å². The zero-order chi connectivity index (χ0) is 13.7. The smallest absolute Gasteiger partial charge is 0.161 e. The molecule has 0 saturated heterocycles. The fourth-order valence-corrected chi connectivity index (χ4v) is 2.93. The quantitative estimate of drug-likeness (QED) is 0.920. The molecule has 0 unspecified atom stereocenters. The van der Waals surface area contributed by atoms with Crippen molar-refractivity contribution in [2.24, 2.45) is 0 Å². The number of hydrogen-bond donors (Lipinski definition) is 1. The van der Waals surface area contributed by atoms with Crippen molar-refractivity contribution in [3.63, 3.8) is 0 Å². The zero-order valence-corrected chi connectivity index (χ0v) is 11.5. The number of nitrogens with one attached hydrogen (secondary N) is 1. The minimum Gasteiger partial charge on any atom is -0.307 e. The average molecular weight is 290 g/mol. The molecule has 4 rings (SSSR count). The first kappa shape index (κ1) is 12.2. The minimum absolute atomic E-state index is 0.344. The number of aromatic nitrogens is 2. The van der Waals surface area contributed by atoms with Crippen molar-refractivity contribution < 1.29 is 4.39 Å². The van der Waals surface area contributed by atoms with Gasteiger partial charge in [0.1, 0.15) is 5.82 Å². The second-order valence-electron chi connectivity index (χ2n) is 5.36. The van der Waals surface area contributed by atoms with Crippen LogP contribution in [0.5, 0.6) is 0 Å². The van der Waals surface area contributed by atoms with Crippen LogP contribution < -0.4 is 5.32 Å². The lowest BCUT2D eigenvalue weighted by Gasteiger charge is -2.10. The largest absolute Gasteiger partial charge is 0.307 e. The lowest BCUT2D eigenvalue weighted by Crippen LogP contribution is -2.03. The van der Waals surface area contributed by atoms with Crippen LogP contribution in [-0.4, -0.2) is 9.97 Å². The maximum atomic E-state index is 13.2. The van der Waals surface area contributed by atoms with E-state index in [1.165, 1.54) is 30.5 Å². The van der Waals surface area contributed by atoms with E-state index in [0.717, 1.165) is 24.5 Å². The molecule has 1 N–H and O–H groups in total. The molecule has 0 atom stereocenters. The molecule has 3 nitrogen and oxygen atoms in total. The van der Waals surface area contributed by atoms with Gasteiger partial charge in [-0.1, -0.05) is 11.6 Å². The van der Waals surface area contributed by atoms with Crippen molar-refractivity contribution in [3.8, 4) is 11.4 Å². The number of nitrogens with zero attached hydrogens (tertiary/aromatic N) is 2. The van der Waals surface area contributed by atoms with Crippen molar-refractivity contribution in [3.05, 3.63) is 46.0 Å². The van der Waals surface area contributed by atoms with Gasteiger partial charge in [-0.2, -0.15) is 0 Å². The van der Waals surface area contributed by atoms with E-state index in [0.29, 0.717) is 22.3 Å². The number of halogens is 2. The minimum atomic E-state index is -0.344. The van der Waals surface area contributed by atoms with E-state index in [4.69, 9.17) is 16.6 Å². The van der Waals surface area contributed by atoms with Gasteiger partial charge in [0.25, 0.3) is 0 Å². The molecule has 2 aromatic rings. The maximum absolute atomic E-state index is 13.2. The van der Waals surface area contributed by atoms with Crippen LogP contribution in [0.2, 0.25) is 5.02 Å². The summed E-state index contributed by atoms with van der Waals surface area (Å²) in [6.45, 7) is 1.61. The van der Waals surface area contributed by atoms with Gasteiger partial charge in [-0.05, 0) is 31.0 Å². The van der Waals surface area contributed by atoms with Crippen molar-refractivity contribution in [2.45, 2.75) is 31.8 Å². The van der Waals surface area contributed by atoms with E-state index in [1.54, 1.807) is 6.07 Å². The van der Waals surface area contributed by atoms with Crippen molar-refractivity contribution in [2.75, 3.05) is 0 Å². The first-order valence-corrected chi connectivity index (χ1v) is 7.16. The van der Waals surface area contributed by atoms with Crippen LogP contribution in [-0.2, 0) is 13.1 Å². The molecule has 20 heavy (non-hydrogen) atoms. The molecule has 1 aliphatic heterocycles. The molecule has 102 valence electrons. The number of hydrogen-bond acceptors (Lipinski definition) is 3. The molecule has 0 bridgehead atoms. The van der Waals surface area contributed by atoms with E-state index in [-0.39, 0.29) is 5.82 Å². The third kappa shape index (κ3) is 2.00. The Balaban J connectivity index is 1.88. The summed E-state index contributed by atoms with van der Waals surface area (Å²) in [5.74, 6) is 0.827. The van der Waals surface area contributed by atoms with E-state index >= 15 is 0 Å². The van der Waals surface area contributed by atoms with Crippen LogP contribution >= 0.6 is 11.6 Å². The second kappa shape index (κ2) is 4.50. The van der Waals surface area contributed by atoms with E-state index < -0.39 is 0 Å². The summed E-state index contributed by atoms with van der Waals surface area (Å²) in [5, 5.41) is 3.68. The van der Waals surface area contributed by atoms with Crippen LogP contribution in [0.25, 0.3) is 11.4 Å². The van der Waals surface area contributed by atoms with Gasteiger partial charge < -0.3 is 5.32 Å². The normalized spacial score (nSPS) is 17.3. The fraction of sp³-hybridized carbons (Fsp3) is 0.333. The lowest BCUT2D eigenvalue weighted by molar-refractivity contribution is 0.628. The summed E-state index contributed by atoms with van der Waals surface area (Å²) >= 11 is 6.13. The molecule has 1 fully saturated rings. The molecular formula is C15H13ClFN3. The molecule has 0 spiro atoms. The summed E-state index contributed by atoms with van der Waals surface area (Å²) < 4.78 is 13.2. The van der Waals surface area contributed by atoms with Gasteiger partial charge in [-0.3, -0.25) is 0 Å². The number of fused-ring (bicyclic) bond motifs is 1. The SMILES string of the molecule is Fc1ccc(-c2nc3c(c(C4CC4)n2)CNC3)c(Cl)c1. The zero-order valence-electron chi connectivity index (χ0n) is 10.8. The Morgan fingerprint density at radius 1 is 1.20 bits per heavy atom. The lowest BCUT2D eigenvalue weighted by atomic mass is 10.1. The first-order chi connectivity index (χ1) is 9.72. The van der Waals surface area contributed by atoms with Crippen LogP contribution in [0.1, 0.15) is 35.7 Å². The van der Waals surface area contributed by atoms with E-state index in [1.807, 2.05) is 0 Å². The monoisotopic (exact) mass is 289 g/mol. The Labute approximate surface area is 121 Å². The highest BCUT2D eigenvalue weighted by molar-refractivity contribution is 6.33. The molecule has 0 radical (unpaired) electrons. The highest BCUT2D eigenvalue weighted by atomic mass is 35.5. The van der Waals surface area contributed by atoms with E-state index in [2.05, 4.69) is 10.3 Å². The predicted molar refractivity (Wildman–Crippen MR) is 75.0 cm³/mol. The average Bonchev–Trinajstić information content (AvgIpc) is 3.15. The molecule has 2 aliphatic rings.